The Kier molecular flexibility index (Phi) is 4.82. The van der Waals surface area contributed by atoms with Gasteiger partial charge in [-0.2, -0.15) is 4.99 Å². The van der Waals surface area contributed by atoms with Crippen LogP contribution in [0.4, 0.5) is 4.39 Å². The molecule has 1 aliphatic rings. The second-order valence-corrected chi connectivity index (χ2v) is 6.97. The van der Waals surface area contributed by atoms with Crippen molar-refractivity contribution in [1.29, 1.82) is 0 Å². The third-order valence-electron chi connectivity index (χ3n) is 4.23. The number of carbonyl (C=O) groups is 2. The topological polar surface area (TPSA) is 79.1 Å². The maximum absolute atomic E-state index is 13.1. The van der Waals surface area contributed by atoms with Crippen molar-refractivity contribution in [2.45, 2.75) is 13.0 Å². The number of halogens is 1. The summed E-state index contributed by atoms with van der Waals surface area (Å²) in [7, 11) is 1.32. The molecular weight excluding hydrogens is 387 g/mol. The van der Waals surface area contributed by atoms with Gasteiger partial charge in [-0.3, -0.25) is 9.59 Å². The van der Waals surface area contributed by atoms with Crippen LogP contribution in [0.5, 0.6) is 11.5 Å². The molecule has 0 saturated heterocycles. The summed E-state index contributed by atoms with van der Waals surface area (Å²) in [6, 6.07) is 8.79. The summed E-state index contributed by atoms with van der Waals surface area (Å²) in [5.41, 5.74) is 1.04. The standard InChI is InChI=1S/C19H15FN2O5S/c1-25-17(23)6-7-22-13-8-14-15(27-10-26-14)9-16(13)28-19(22)21-18(24)11-2-4-12(20)5-3-11/h2-5,8-9H,6-7,10H2,1H3. The molecule has 0 radical (unpaired) electrons. The van der Waals surface area contributed by atoms with Crippen LogP contribution in [0.1, 0.15) is 16.8 Å². The number of amides is 1. The molecule has 0 fully saturated rings. The number of thiazole rings is 1. The summed E-state index contributed by atoms with van der Waals surface area (Å²) in [6.45, 7) is 0.427. The summed E-state index contributed by atoms with van der Waals surface area (Å²) in [4.78, 5) is 28.7. The van der Waals surface area contributed by atoms with Crippen LogP contribution in [-0.2, 0) is 16.1 Å². The predicted octanol–water partition coefficient (Wildman–Crippen LogP) is 2.87. The minimum atomic E-state index is -0.501. The fourth-order valence-electron chi connectivity index (χ4n) is 2.81. The fourth-order valence-corrected chi connectivity index (χ4v) is 3.87. The van der Waals surface area contributed by atoms with Gasteiger partial charge in [0.25, 0.3) is 5.91 Å². The molecule has 0 N–H and O–H groups in total. The molecule has 2 aromatic carbocycles. The number of nitrogens with zero attached hydrogens (tertiary/aromatic N) is 2. The quantitative estimate of drug-likeness (QED) is 0.627. The van der Waals surface area contributed by atoms with E-state index in [1.165, 1.54) is 42.7 Å². The van der Waals surface area contributed by atoms with Gasteiger partial charge in [0.2, 0.25) is 6.79 Å². The van der Waals surface area contributed by atoms with E-state index in [1.54, 1.807) is 10.6 Å². The third-order valence-corrected chi connectivity index (χ3v) is 5.27. The predicted molar refractivity (Wildman–Crippen MR) is 98.9 cm³/mol. The van der Waals surface area contributed by atoms with Crippen molar-refractivity contribution in [3.63, 3.8) is 0 Å². The molecule has 0 atom stereocenters. The van der Waals surface area contributed by atoms with Crippen molar-refractivity contribution in [2.24, 2.45) is 4.99 Å². The maximum atomic E-state index is 13.1. The summed E-state index contributed by atoms with van der Waals surface area (Å²) in [5.74, 6) is -0.0957. The molecule has 7 nitrogen and oxygen atoms in total. The summed E-state index contributed by atoms with van der Waals surface area (Å²) >= 11 is 1.29. The van der Waals surface area contributed by atoms with Gasteiger partial charge in [0.05, 0.1) is 23.7 Å². The van der Waals surface area contributed by atoms with E-state index >= 15 is 0 Å². The Balaban J connectivity index is 1.80. The SMILES string of the molecule is COC(=O)CCn1c(=NC(=O)c2ccc(F)cc2)sc2cc3c(cc21)OCO3. The number of hydrogen-bond donors (Lipinski definition) is 0. The van der Waals surface area contributed by atoms with Crippen LogP contribution in [0.25, 0.3) is 10.2 Å². The molecule has 1 aliphatic heterocycles. The summed E-state index contributed by atoms with van der Waals surface area (Å²) in [5, 5.41) is 0. The minimum Gasteiger partial charge on any atom is -0.469 e. The number of aryl methyl sites for hydroxylation is 1. The molecule has 9 heteroatoms. The van der Waals surface area contributed by atoms with E-state index < -0.39 is 11.7 Å². The molecule has 4 rings (SSSR count). The first-order valence-electron chi connectivity index (χ1n) is 8.39. The fraction of sp³-hybridized carbons (Fsp3) is 0.211. The van der Waals surface area contributed by atoms with Crippen LogP contribution in [0, 0.1) is 5.82 Å². The van der Waals surface area contributed by atoms with Crippen molar-refractivity contribution in [3.8, 4) is 11.5 Å². The first-order valence-corrected chi connectivity index (χ1v) is 9.21. The van der Waals surface area contributed by atoms with E-state index in [1.807, 2.05) is 6.07 Å². The zero-order chi connectivity index (χ0) is 19.7. The highest BCUT2D eigenvalue weighted by Gasteiger charge is 2.18. The lowest BCUT2D eigenvalue weighted by molar-refractivity contribution is -0.140. The zero-order valence-electron chi connectivity index (χ0n) is 14.8. The zero-order valence-corrected chi connectivity index (χ0v) is 15.6. The molecule has 0 aliphatic carbocycles. The van der Waals surface area contributed by atoms with Gasteiger partial charge in [0.15, 0.2) is 16.3 Å². The molecule has 0 saturated carbocycles. The van der Waals surface area contributed by atoms with Crippen molar-refractivity contribution in [2.75, 3.05) is 13.9 Å². The Labute approximate surface area is 162 Å². The van der Waals surface area contributed by atoms with Crippen LogP contribution in [0.2, 0.25) is 0 Å². The average Bonchev–Trinajstić information content (AvgIpc) is 3.28. The molecule has 2 heterocycles. The van der Waals surface area contributed by atoms with Crippen LogP contribution < -0.4 is 14.3 Å². The maximum Gasteiger partial charge on any atom is 0.307 e. The van der Waals surface area contributed by atoms with E-state index in [0.29, 0.717) is 16.3 Å². The van der Waals surface area contributed by atoms with Gasteiger partial charge in [0, 0.05) is 24.2 Å². The van der Waals surface area contributed by atoms with E-state index in [9.17, 15) is 14.0 Å². The van der Waals surface area contributed by atoms with Crippen LogP contribution >= 0.6 is 11.3 Å². The molecule has 144 valence electrons. The normalized spacial score (nSPS) is 13.1. The number of esters is 1. The number of benzene rings is 2. The lowest BCUT2D eigenvalue weighted by Crippen LogP contribution is -2.19. The molecule has 1 aromatic heterocycles. The largest absolute Gasteiger partial charge is 0.469 e. The molecule has 0 unspecified atom stereocenters. The summed E-state index contributed by atoms with van der Waals surface area (Å²) < 4.78 is 31.2. The Morgan fingerprint density at radius 3 is 2.64 bits per heavy atom. The monoisotopic (exact) mass is 402 g/mol. The Morgan fingerprint density at radius 1 is 1.21 bits per heavy atom. The number of methoxy groups -OCH3 is 1. The molecule has 28 heavy (non-hydrogen) atoms. The smallest absolute Gasteiger partial charge is 0.307 e. The van der Waals surface area contributed by atoms with Gasteiger partial charge in [0.1, 0.15) is 5.82 Å². The van der Waals surface area contributed by atoms with Gasteiger partial charge in [-0.15, -0.1) is 0 Å². The highest BCUT2D eigenvalue weighted by Crippen LogP contribution is 2.37. The van der Waals surface area contributed by atoms with Gasteiger partial charge < -0.3 is 18.8 Å². The van der Waals surface area contributed by atoms with Gasteiger partial charge in [-0.1, -0.05) is 11.3 Å². The van der Waals surface area contributed by atoms with Crippen molar-refractivity contribution in [1.82, 2.24) is 4.57 Å². The van der Waals surface area contributed by atoms with Crippen molar-refractivity contribution in [3.05, 3.63) is 52.6 Å². The van der Waals surface area contributed by atoms with Crippen molar-refractivity contribution < 1.29 is 28.2 Å². The first-order chi connectivity index (χ1) is 13.5. The molecule has 1 amide bonds. The lowest BCUT2D eigenvalue weighted by atomic mass is 10.2. The average molecular weight is 402 g/mol. The highest BCUT2D eigenvalue weighted by atomic mass is 32.1. The molecule has 0 bridgehead atoms. The second kappa shape index (κ2) is 7.43. The number of aromatic nitrogens is 1. The third kappa shape index (κ3) is 3.48. The Hall–Kier alpha value is -3.20. The second-order valence-electron chi connectivity index (χ2n) is 5.96. The number of fused-ring (bicyclic) bond motifs is 2. The summed E-state index contributed by atoms with van der Waals surface area (Å²) in [6.07, 6.45) is 0.120. The van der Waals surface area contributed by atoms with Crippen LogP contribution in [-0.4, -0.2) is 30.3 Å². The van der Waals surface area contributed by atoms with Crippen molar-refractivity contribution >= 4 is 33.4 Å². The van der Waals surface area contributed by atoms with Crippen LogP contribution in [0.3, 0.4) is 0 Å². The Bertz CT molecular complexity index is 1130. The van der Waals surface area contributed by atoms with E-state index in [0.717, 1.165) is 10.2 Å². The molecular formula is C19H15FN2O5S. The lowest BCUT2D eigenvalue weighted by Gasteiger charge is -2.05. The first kappa shape index (κ1) is 18.2. The molecule has 3 aromatic rings. The number of carbonyl (C=O) groups excluding carboxylic acids is 2. The minimum absolute atomic E-state index is 0.120. The van der Waals surface area contributed by atoms with Crippen LogP contribution in [0.15, 0.2) is 41.4 Å². The number of rotatable bonds is 4. The highest BCUT2D eigenvalue weighted by molar-refractivity contribution is 7.16. The van der Waals surface area contributed by atoms with Gasteiger partial charge >= 0.3 is 5.97 Å². The number of ether oxygens (including phenoxy) is 3. The molecule has 0 spiro atoms. The van der Waals surface area contributed by atoms with Gasteiger partial charge in [-0.25, -0.2) is 4.39 Å². The number of hydrogen-bond acceptors (Lipinski definition) is 6. The van der Waals surface area contributed by atoms with E-state index in [2.05, 4.69) is 4.99 Å². The van der Waals surface area contributed by atoms with Gasteiger partial charge in [-0.05, 0) is 24.3 Å². The Morgan fingerprint density at radius 2 is 1.93 bits per heavy atom. The van der Waals surface area contributed by atoms with E-state index in [-0.39, 0.29) is 31.3 Å². The van der Waals surface area contributed by atoms with E-state index in [4.69, 9.17) is 14.2 Å².